The van der Waals surface area contributed by atoms with Gasteiger partial charge in [-0.2, -0.15) is 0 Å². The van der Waals surface area contributed by atoms with Crippen LogP contribution in [0.4, 0.5) is 0 Å². The minimum Gasteiger partial charge on any atom is -0.452 e. The molecule has 132 valence electrons. The van der Waals surface area contributed by atoms with E-state index >= 15 is 0 Å². The first kappa shape index (κ1) is 19.2. The number of hydrogen-bond donors (Lipinski definition) is 1. The summed E-state index contributed by atoms with van der Waals surface area (Å²) in [6, 6.07) is 10.5. The van der Waals surface area contributed by atoms with Gasteiger partial charge in [0, 0.05) is 24.7 Å². The molecule has 0 aliphatic rings. The minimum absolute atomic E-state index is 0.275. The van der Waals surface area contributed by atoms with Crippen molar-refractivity contribution in [3.63, 3.8) is 0 Å². The van der Waals surface area contributed by atoms with Crippen LogP contribution in [0, 0.1) is 0 Å². The molecule has 1 N–H and O–H groups in total. The Hall–Kier alpha value is -2.09. The molecule has 0 saturated carbocycles. The van der Waals surface area contributed by atoms with Crippen LogP contribution in [-0.4, -0.2) is 43.7 Å². The van der Waals surface area contributed by atoms with Crippen LogP contribution in [-0.2, 0) is 14.3 Å². The number of hydrogen-bond acceptors (Lipinski definition) is 6. The van der Waals surface area contributed by atoms with Crippen LogP contribution in [0.15, 0.2) is 52.5 Å². The van der Waals surface area contributed by atoms with Crippen molar-refractivity contribution in [1.82, 2.24) is 10.3 Å². The van der Waals surface area contributed by atoms with Crippen LogP contribution in [0.2, 0.25) is 5.02 Å². The molecule has 2 aromatic rings. The third-order valence-corrected chi connectivity index (χ3v) is 4.53. The summed E-state index contributed by atoms with van der Waals surface area (Å²) in [6.07, 6.45) is 1.58. The number of aromatic nitrogens is 1. The molecular weight excluding hydrogens is 364 g/mol. The highest BCUT2D eigenvalue weighted by molar-refractivity contribution is 7.99. The fourth-order valence-electron chi connectivity index (χ4n) is 1.81. The molecule has 1 amide bonds. The maximum atomic E-state index is 12.3. The highest BCUT2D eigenvalue weighted by Crippen LogP contribution is 2.33. The Morgan fingerprint density at radius 2 is 2.04 bits per heavy atom. The van der Waals surface area contributed by atoms with Gasteiger partial charge in [0.15, 0.2) is 6.61 Å². The number of halogens is 1. The Bertz CT molecular complexity index is 742. The summed E-state index contributed by atoms with van der Waals surface area (Å²) in [5, 5.41) is 3.60. The fourth-order valence-corrected chi connectivity index (χ4v) is 2.96. The lowest BCUT2D eigenvalue weighted by molar-refractivity contribution is -0.124. The number of carbonyl (C=O) groups is 2. The van der Waals surface area contributed by atoms with Gasteiger partial charge in [0.05, 0.1) is 17.2 Å². The molecule has 0 spiro atoms. The van der Waals surface area contributed by atoms with Crippen molar-refractivity contribution < 1.29 is 19.1 Å². The van der Waals surface area contributed by atoms with E-state index in [0.29, 0.717) is 23.2 Å². The summed E-state index contributed by atoms with van der Waals surface area (Å²) < 4.78 is 9.88. The third-order valence-electron chi connectivity index (χ3n) is 3.00. The van der Waals surface area contributed by atoms with Crippen molar-refractivity contribution in [2.45, 2.75) is 9.92 Å². The number of carbonyl (C=O) groups excluding carboxylic acids is 2. The topological polar surface area (TPSA) is 77.5 Å². The Morgan fingerprint density at radius 3 is 2.80 bits per heavy atom. The number of benzene rings is 1. The molecule has 8 heteroatoms. The van der Waals surface area contributed by atoms with Crippen molar-refractivity contribution in [3.8, 4) is 0 Å². The average Bonchev–Trinajstić information content (AvgIpc) is 2.62. The largest absolute Gasteiger partial charge is 0.452 e. The van der Waals surface area contributed by atoms with Crippen LogP contribution in [0.5, 0.6) is 0 Å². The van der Waals surface area contributed by atoms with E-state index in [9.17, 15) is 9.59 Å². The summed E-state index contributed by atoms with van der Waals surface area (Å²) >= 11 is 7.40. The molecule has 0 atom stereocenters. The van der Waals surface area contributed by atoms with Gasteiger partial charge in [0.2, 0.25) is 0 Å². The van der Waals surface area contributed by atoms with Gasteiger partial charge in [0.1, 0.15) is 5.03 Å². The maximum Gasteiger partial charge on any atom is 0.341 e. The molecule has 6 nitrogen and oxygen atoms in total. The number of methoxy groups -OCH3 is 1. The van der Waals surface area contributed by atoms with Gasteiger partial charge < -0.3 is 14.8 Å². The Labute approximate surface area is 154 Å². The number of pyridine rings is 1. The van der Waals surface area contributed by atoms with Crippen molar-refractivity contribution in [2.24, 2.45) is 0 Å². The van der Waals surface area contributed by atoms with E-state index in [2.05, 4.69) is 10.3 Å². The van der Waals surface area contributed by atoms with E-state index in [-0.39, 0.29) is 12.2 Å². The zero-order chi connectivity index (χ0) is 18.1. The van der Waals surface area contributed by atoms with Crippen LogP contribution in [0.3, 0.4) is 0 Å². The lowest BCUT2D eigenvalue weighted by Crippen LogP contribution is -2.31. The normalized spacial score (nSPS) is 10.3. The SMILES string of the molecule is COCCNC(=O)COC(=O)c1cccnc1Sc1ccccc1Cl. The van der Waals surface area contributed by atoms with E-state index in [1.165, 1.54) is 18.9 Å². The molecule has 0 unspecified atom stereocenters. The van der Waals surface area contributed by atoms with Crippen molar-refractivity contribution in [3.05, 3.63) is 53.2 Å². The van der Waals surface area contributed by atoms with Crippen LogP contribution >= 0.6 is 23.4 Å². The zero-order valence-electron chi connectivity index (χ0n) is 13.5. The van der Waals surface area contributed by atoms with Crippen molar-refractivity contribution >= 4 is 35.2 Å². The molecule has 0 saturated heterocycles. The Balaban J connectivity index is 2.01. The van der Waals surface area contributed by atoms with Crippen LogP contribution in [0.1, 0.15) is 10.4 Å². The van der Waals surface area contributed by atoms with Crippen molar-refractivity contribution in [1.29, 1.82) is 0 Å². The summed E-state index contributed by atoms with van der Waals surface area (Å²) in [4.78, 5) is 28.8. The molecule has 0 aliphatic carbocycles. The maximum absolute atomic E-state index is 12.3. The number of nitrogens with one attached hydrogen (secondary N) is 1. The number of rotatable bonds is 8. The standard InChI is InChI=1S/C17H17ClN2O4S/c1-23-10-9-19-15(21)11-24-17(22)12-5-4-8-20-16(12)25-14-7-3-2-6-13(14)18/h2-8H,9-11H2,1H3,(H,19,21). The van der Waals surface area contributed by atoms with Crippen molar-refractivity contribution in [2.75, 3.05) is 26.9 Å². The van der Waals surface area contributed by atoms with Gasteiger partial charge >= 0.3 is 5.97 Å². The van der Waals surface area contributed by atoms with Crippen LogP contribution in [0.25, 0.3) is 0 Å². The number of amides is 1. The summed E-state index contributed by atoms with van der Waals surface area (Å²) in [5.74, 6) is -1.01. The molecule has 0 radical (unpaired) electrons. The second-order valence-electron chi connectivity index (χ2n) is 4.81. The molecule has 1 aromatic heterocycles. The summed E-state index contributed by atoms with van der Waals surface area (Å²) in [5.41, 5.74) is 0.275. The van der Waals surface area contributed by atoms with Crippen LogP contribution < -0.4 is 5.32 Å². The Kier molecular flexibility index (Phi) is 7.72. The van der Waals surface area contributed by atoms with Gasteiger partial charge in [-0.3, -0.25) is 4.79 Å². The Morgan fingerprint density at radius 1 is 1.24 bits per heavy atom. The molecule has 2 rings (SSSR count). The van der Waals surface area contributed by atoms with Gasteiger partial charge in [-0.25, -0.2) is 9.78 Å². The quantitative estimate of drug-likeness (QED) is 0.560. The molecule has 1 heterocycles. The second-order valence-corrected chi connectivity index (χ2v) is 6.25. The van der Waals surface area contributed by atoms with E-state index in [4.69, 9.17) is 21.1 Å². The predicted molar refractivity (Wildman–Crippen MR) is 95.0 cm³/mol. The van der Waals surface area contributed by atoms with Gasteiger partial charge in [0.25, 0.3) is 5.91 Å². The van der Waals surface area contributed by atoms with E-state index in [1.807, 2.05) is 18.2 Å². The molecule has 25 heavy (non-hydrogen) atoms. The number of ether oxygens (including phenoxy) is 2. The fraction of sp³-hybridized carbons (Fsp3) is 0.235. The second kappa shape index (κ2) is 10.0. The molecule has 0 aliphatic heterocycles. The monoisotopic (exact) mass is 380 g/mol. The first-order chi connectivity index (χ1) is 12.1. The van der Waals surface area contributed by atoms with E-state index < -0.39 is 11.9 Å². The van der Waals surface area contributed by atoms with E-state index in [1.54, 1.807) is 24.4 Å². The highest BCUT2D eigenvalue weighted by atomic mass is 35.5. The molecular formula is C17H17ClN2O4S. The molecule has 0 fully saturated rings. The number of esters is 1. The summed E-state index contributed by atoms with van der Waals surface area (Å²) in [6.45, 7) is 0.377. The first-order valence-corrected chi connectivity index (χ1v) is 8.61. The lowest BCUT2D eigenvalue weighted by Gasteiger charge is -2.09. The van der Waals surface area contributed by atoms with Gasteiger partial charge in [-0.05, 0) is 24.3 Å². The van der Waals surface area contributed by atoms with E-state index in [0.717, 1.165) is 4.90 Å². The predicted octanol–water partition coefficient (Wildman–Crippen LogP) is 2.81. The zero-order valence-corrected chi connectivity index (χ0v) is 15.1. The smallest absolute Gasteiger partial charge is 0.341 e. The van der Waals surface area contributed by atoms with Gasteiger partial charge in [-0.1, -0.05) is 35.5 Å². The third kappa shape index (κ3) is 6.04. The minimum atomic E-state index is -0.621. The average molecular weight is 381 g/mol. The lowest BCUT2D eigenvalue weighted by atomic mass is 10.3. The summed E-state index contributed by atoms with van der Waals surface area (Å²) in [7, 11) is 1.53. The highest BCUT2D eigenvalue weighted by Gasteiger charge is 2.17. The van der Waals surface area contributed by atoms with Gasteiger partial charge in [-0.15, -0.1) is 0 Å². The molecule has 0 bridgehead atoms. The first-order valence-electron chi connectivity index (χ1n) is 7.42. The number of nitrogens with zero attached hydrogens (tertiary/aromatic N) is 1. The molecule has 1 aromatic carbocycles.